The summed E-state index contributed by atoms with van der Waals surface area (Å²) in [5.74, 6) is -0.230. The van der Waals surface area contributed by atoms with E-state index in [-0.39, 0.29) is 17.4 Å². The quantitative estimate of drug-likeness (QED) is 0.800. The maximum Gasteiger partial charge on any atom is 0.217 e. The van der Waals surface area contributed by atoms with Crippen molar-refractivity contribution in [1.29, 1.82) is 0 Å². The minimum Gasteiger partial charge on any atom is -0.388 e. The van der Waals surface area contributed by atoms with Crippen molar-refractivity contribution in [2.24, 2.45) is 11.1 Å². The molecule has 1 aromatic rings. The van der Waals surface area contributed by atoms with Gasteiger partial charge in [-0.05, 0) is 37.2 Å². The summed E-state index contributed by atoms with van der Waals surface area (Å²) in [6.07, 6.45) is 5.77. The SMILES string of the molecule is CC1(C)Cc2c(ccn2CCCCC(N)=O)C(O)C1. The molecule has 1 aliphatic rings. The maximum absolute atomic E-state index is 10.7. The van der Waals surface area contributed by atoms with Crippen molar-refractivity contribution in [1.82, 2.24) is 4.57 Å². The zero-order chi connectivity index (χ0) is 14.0. The molecule has 1 atom stereocenters. The van der Waals surface area contributed by atoms with Crippen LogP contribution in [0.4, 0.5) is 0 Å². The number of aromatic nitrogens is 1. The number of carbonyl (C=O) groups excluding carboxylic acids is 1. The van der Waals surface area contributed by atoms with E-state index in [1.54, 1.807) is 0 Å². The topological polar surface area (TPSA) is 68.2 Å². The van der Waals surface area contributed by atoms with Gasteiger partial charge in [0.05, 0.1) is 6.10 Å². The second-order valence-corrected chi connectivity index (χ2v) is 6.40. The number of carbonyl (C=O) groups is 1. The Morgan fingerprint density at radius 2 is 2.26 bits per heavy atom. The number of nitrogens with zero attached hydrogens (tertiary/aromatic N) is 1. The number of fused-ring (bicyclic) bond motifs is 1. The van der Waals surface area contributed by atoms with Crippen molar-refractivity contribution in [2.45, 2.75) is 58.6 Å². The van der Waals surface area contributed by atoms with Crippen LogP contribution in [0.2, 0.25) is 0 Å². The molecule has 0 bridgehead atoms. The third-order valence-corrected chi connectivity index (χ3v) is 3.94. The van der Waals surface area contributed by atoms with Crippen LogP contribution < -0.4 is 5.73 Å². The van der Waals surface area contributed by atoms with Gasteiger partial charge in [0.1, 0.15) is 0 Å². The molecule has 1 unspecified atom stereocenters. The lowest BCUT2D eigenvalue weighted by atomic mass is 9.75. The lowest BCUT2D eigenvalue weighted by molar-refractivity contribution is -0.118. The second kappa shape index (κ2) is 5.37. The highest BCUT2D eigenvalue weighted by molar-refractivity contribution is 5.73. The van der Waals surface area contributed by atoms with Gasteiger partial charge in [0.15, 0.2) is 0 Å². The first kappa shape index (κ1) is 14.1. The molecular weight excluding hydrogens is 240 g/mol. The van der Waals surface area contributed by atoms with E-state index in [9.17, 15) is 9.90 Å². The fraction of sp³-hybridized carbons (Fsp3) is 0.667. The molecule has 4 heteroatoms. The monoisotopic (exact) mass is 264 g/mol. The number of aliphatic hydroxyl groups excluding tert-OH is 1. The Labute approximate surface area is 114 Å². The molecule has 0 saturated carbocycles. The van der Waals surface area contributed by atoms with Crippen LogP contribution >= 0.6 is 0 Å². The number of hydrogen-bond acceptors (Lipinski definition) is 2. The Morgan fingerprint density at radius 3 is 2.95 bits per heavy atom. The Balaban J connectivity index is 2.02. The van der Waals surface area contributed by atoms with Gasteiger partial charge in [0, 0.05) is 30.4 Å². The summed E-state index contributed by atoms with van der Waals surface area (Å²) in [5.41, 5.74) is 7.62. The summed E-state index contributed by atoms with van der Waals surface area (Å²) in [4.78, 5) is 10.7. The zero-order valence-corrected chi connectivity index (χ0v) is 11.9. The molecule has 0 aromatic carbocycles. The van der Waals surface area contributed by atoms with E-state index in [2.05, 4.69) is 24.6 Å². The molecule has 1 aliphatic carbocycles. The second-order valence-electron chi connectivity index (χ2n) is 6.40. The van der Waals surface area contributed by atoms with Gasteiger partial charge in [0.2, 0.25) is 5.91 Å². The van der Waals surface area contributed by atoms with Gasteiger partial charge >= 0.3 is 0 Å². The predicted molar refractivity (Wildman–Crippen MR) is 74.5 cm³/mol. The van der Waals surface area contributed by atoms with Crippen molar-refractivity contribution < 1.29 is 9.90 Å². The van der Waals surface area contributed by atoms with Crippen molar-refractivity contribution in [3.05, 3.63) is 23.5 Å². The van der Waals surface area contributed by atoms with Crippen LogP contribution in [0.5, 0.6) is 0 Å². The van der Waals surface area contributed by atoms with Gasteiger partial charge in [-0.3, -0.25) is 4.79 Å². The third kappa shape index (κ3) is 3.38. The smallest absolute Gasteiger partial charge is 0.217 e. The van der Waals surface area contributed by atoms with Crippen LogP contribution in [0.25, 0.3) is 0 Å². The zero-order valence-electron chi connectivity index (χ0n) is 11.9. The summed E-state index contributed by atoms with van der Waals surface area (Å²) in [6.45, 7) is 5.29. The number of primary amides is 1. The standard InChI is InChI=1S/C15H24N2O2/c1-15(2)9-12-11(13(18)10-15)6-8-17(12)7-4-3-5-14(16)19/h6,8,13,18H,3-5,7,9-10H2,1-2H3,(H2,16,19). The van der Waals surface area contributed by atoms with Crippen molar-refractivity contribution in [3.63, 3.8) is 0 Å². The van der Waals surface area contributed by atoms with E-state index < -0.39 is 0 Å². The molecule has 4 nitrogen and oxygen atoms in total. The molecular formula is C15H24N2O2. The summed E-state index contributed by atoms with van der Waals surface area (Å²) in [5, 5.41) is 10.2. The van der Waals surface area contributed by atoms with Crippen LogP contribution in [0.15, 0.2) is 12.3 Å². The highest BCUT2D eigenvalue weighted by Gasteiger charge is 2.32. The van der Waals surface area contributed by atoms with Gasteiger partial charge in [-0.15, -0.1) is 0 Å². The molecule has 19 heavy (non-hydrogen) atoms. The highest BCUT2D eigenvalue weighted by Crippen LogP contribution is 2.41. The van der Waals surface area contributed by atoms with Crippen molar-refractivity contribution in [3.8, 4) is 0 Å². The summed E-state index contributed by atoms with van der Waals surface area (Å²) in [7, 11) is 0. The number of rotatable bonds is 5. The van der Waals surface area contributed by atoms with E-state index in [4.69, 9.17) is 5.73 Å². The normalized spacial score (nSPS) is 21.1. The molecule has 3 N–H and O–H groups in total. The predicted octanol–water partition coefficient (Wildman–Crippen LogP) is 2.15. The van der Waals surface area contributed by atoms with Crippen LogP contribution in [-0.2, 0) is 17.8 Å². The Morgan fingerprint density at radius 1 is 1.53 bits per heavy atom. The van der Waals surface area contributed by atoms with Crippen LogP contribution in [-0.4, -0.2) is 15.6 Å². The summed E-state index contributed by atoms with van der Waals surface area (Å²) >= 11 is 0. The molecule has 2 rings (SSSR count). The Hall–Kier alpha value is -1.29. The minimum atomic E-state index is -0.342. The number of aryl methyl sites for hydroxylation is 1. The molecule has 0 saturated heterocycles. The molecule has 1 amide bonds. The van der Waals surface area contributed by atoms with Gasteiger partial charge < -0.3 is 15.4 Å². The van der Waals surface area contributed by atoms with E-state index in [1.807, 2.05) is 6.07 Å². The van der Waals surface area contributed by atoms with Crippen molar-refractivity contribution in [2.75, 3.05) is 0 Å². The lowest BCUT2D eigenvalue weighted by Crippen LogP contribution is -2.26. The van der Waals surface area contributed by atoms with E-state index >= 15 is 0 Å². The minimum absolute atomic E-state index is 0.149. The van der Waals surface area contributed by atoms with E-state index in [1.165, 1.54) is 5.69 Å². The first-order valence-corrected chi connectivity index (χ1v) is 7.03. The average Bonchev–Trinajstić information content (AvgIpc) is 2.66. The highest BCUT2D eigenvalue weighted by atomic mass is 16.3. The Kier molecular flexibility index (Phi) is 3.99. The van der Waals surface area contributed by atoms with E-state index in [0.717, 1.165) is 37.8 Å². The Bertz CT molecular complexity index is 463. The molecule has 106 valence electrons. The fourth-order valence-corrected chi connectivity index (χ4v) is 2.98. The van der Waals surface area contributed by atoms with E-state index in [0.29, 0.717) is 6.42 Å². The van der Waals surface area contributed by atoms with Crippen molar-refractivity contribution >= 4 is 5.91 Å². The fourth-order valence-electron chi connectivity index (χ4n) is 2.98. The lowest BCUT2D eigenvalue weighted by Gasteiger charge is -2.34. The number of hydrogen-bond donors (Lipinski definition) is 2. The molecule has 0 aliphatic heterocycles. The van der Waals surface area contributed by atoms with Crippen LogP contribution in [0, 0.1) is 5.41 Å². The third-order valence-electron chi connectivity index (χ3n) is 3.94. The molecule has 1 aromatic heterocycles. The number of unbranched alkanes of at least 4 members (excludes halogenated alkanes) is 1. The largest absolute Gasteiger partial charge is 0.388 e. The van der Waals surface area contributed by atoms with Gasteiger partial charge in [-0.2, -0.15) is 0 Å². The van der Waals surface area contributed by atoms with Crippen LogP contribution in [0.1, 0.15) is 56.9 Å². The molecule has 0 spiro atoms. The van der Waals surface area contributed by atoms with Crippen LogP contribution in [0.3, 0.4) is 0 Å². The molecule has 1 heterocycles. The molecule has 0 fully saturated rings. The van der Waals surface area contributed by atoms with Gasteiger partial charge in [0.25, 0.3) is 0 Å². The first-order chi connectivity index (χ1) is 8.89. The summed E-state index contributed by atoms with van der Waals surface area (Å²) < 4.78 is 2.22. The number of aliphatic hydroxyl groups is 1. The number of amides is 1. The van der Waals surface area contributed by atoms with Gasteiger partial charge in [-0.1, -0.05) is 13.8 Å². The number of nitrogens with two attached hydrogens (primary N) is 1. The maximum atomic E-state index is 10.7. The molecule has 0 radical (unpaired) electrons. The van der Waals surface area contributed by atoms with Gasteiger partial charge in [-0.25, -0.2) is 0 Å². The average molecular weight is 264 g/mol. The summed E-state index contributed by atoms with van der Waals surface area (Å²) in [6, 6.07) is 2.03. The first-order valence-electron chi connectivity index (χ1n) is 7.03.